The number of aryl methyl sites for hydroxylation is 1. The molecule has 0 fully saturated rings. The van der Waals surface area contributed by atoms with Crippen molar-refractivity contribution in [2.45, 2.75) is 44.4 Å². The number of unbranched alkanes of at least 4 members (excludes halogenated alkanes) is 2. The fourth-order valence-electron chi connectivity index (χ4n) is 2.49. The molecular weight excluding hydrogens is 250 g/mol. The first-order chi connectivity index (χ1) is 9.27. The van der Waals surface area contributed by atoms with Gasteiger partial charge in [0.15, 0.2) is 4.90 Å². The molecule has 0 aliphatic rings. The van der Waals surface area contributed by atoms with Crippen LogP contribution in [0.1, 0.15) is 39.5 Å². The van der Waals surface area contributed by atoms with Crippen LogP contribution in [0.15, 0.2) is 35.4 Å². The van der Waals surface area contributed by atoms with Gasteiger partial charge in [0.2, 0.25) is 0 Å². The van der Waals surface area contributed by atoms with E-state index in [2.05, 4.69) is 55.9 Å². The number of para-hydroxylation sites is 1. The minimum absolute atomic E-state index is 0.438. The normalized spacial score (nSPS) is 11.6. The lowest BCUT2D eigenvalue weighted by Crippen LogP contribution is -2.12. The third kappa shape index (κ3) is 3.36. The van der Waals surface area contributed by atoms with Crippen molar-refractivity contribution >= 4 is 21.8 Å². The summed E-state index contributed by atoms with van der Waals surface area (Å²) in [5.41, 5.74) is 1.38. The van der Waals surface area contributed by atoms with Gasteiger partial charge in [0.25, 0.3) is 0 Å². The maximum atomic E-state index is 2.37. The lowest BCUT2D eigenvalue weighted by atomic mass is 10.2. The molecule has 0 bridgehead atoms. The van der Waals surface area contributed by atoms with Crippen LogP contribution in [0.25, 0.3) is 10.9 Å². The summed E-state index contributed by atoms with van der Waals surface area (Å²) in [6.45, 7) is 4.59. The van der Waals surface area contributed by atoms with Gasteiger partial charge in [0.05, 0.1) is 17.1 Å². The summed E-state index contributed by atoms with van der Waals surface area (Å²) in [6, 6.07) is 8.85. The van der Waals surface area contributed by atoms with Crippen LogP contribution < -0.4 is 0 Å². The van der Waals surface area contributed by atoms with Crippen molar-refractivity contribution in [3.05, 3.63) is 30.5 Å². The third-order valence-electron chi connectivity index (χ3n) is 3.66. The summed E-state index contributed by atoms with van der Waals surface area (Å²) < 4.78 is 2.29. The highest BCUT2D eigenvalue weighted by Gasteiger charge is 2.25. The predicted molar refractivity (Wildman–Crippen MR) is 88.1 cm³/mol. The van der Waals surface area contributed by atoms with Crippen molar-refractivity contribution in [1.82, 2.24) is 4.57 Å². The summed E-state index contributed by atoms with van der Waals surface area (Å²) >= 11 is 0. The van der Waals surface area contributed by atoms with Crippen LogP contribution in [-0.4, -0.2) is 16.1 Å². The van der Waals surface area contributed by atoms with Gasteiger partial charge in [0.1, 0.15) is 11.5 Å². The van der Waals surface area contributed by atoms with Crippen molar-refractivity contribution in [2.75, 3.05) is 11.5 Å². The van der Waals surface area contributed by atoms with Crippen LogP contribution in [0.4, 0.5) is 0 Å². The van der Waals surface area contributed by atoms with Crippen molar-refractivity contribution in [3.63, 3.8) is 0 Å². The maximum Gasteiger partial charge on any atom is 0.180 e. The van der Waals surface area contributed by atoms with E-state index < -0.39 is 0 Å². The molecule has 19 heavy (non-hydrogen) atoms. The molecule has 1 aromatic heterocycles. The topological polar surface area (TPSA) is 4.93 Å². The van der Waals surface area contributed by atoms with Gasteiger partial charge in [-0.3, -0.25) is 0 Å². The molecule has 0 aliphatic heterocycles. The van der Waals surface area contributed by atoms with E-state index in [-0.39, 0.29) is 0 Å². The minimum Gasteiger partial charge on any atom is -0.346 e. The van der Waals surface area contributed by atoms with Gasteiger partial charge < -0.3 is 4.57 Å². The van der Waals surface area contributed by atoms with Crippen molar-refractivity contribution < 1.29 is 0 Å². The fraction of sp³-hybridized carbons (Fsp3) is 0.529. The standard InChI is InChI=1S/C17H26NS/c1-4-6-12-19(13-7-5-2)17-14-18(3)16-11-9-8-10-15(16)17/h8-11,14H,4-7,12-13H2,1-3H3/q+1. The quantitative estimate of drug-likeness (QED) is 0.643. The molecule has 1 heterocycles. The van der Waals surface area contributed by atoms with E-state index in [4.69, 9.17) is 0 Å². The number of rotatable bonds is 7. The molecule has 1 nitrogen and oxygen atoms in total. The van der Waals surface area contributed by atoms with Gasteiger partial charge in [-0.05, 0) is 25.0 Å². The lowest BCUT2D eigenvalue weighted by molar-refractivity contribution is 0.870. The average molecular weight is 276 g/mol. The van der Waals surface area contributed by atoms with Crippen LogP contribution in [0.5, 0.6) is 0 Å². The Labute approximate surface area is 120 Å². The Bertz CT molecular complexity index is 507. The number of aromatic nitrogens is 1. The van der Waals surface area contributed by atoms with Gasteiger partial charge in [-0.2, -0.15) is 0 Å². The molecule has 0 radical (unpaired) electrons. The molecule has 1 aromatic carbocycles. The van der Waals surface area contributed by atoms with E-state index in [0.717, 1.165) is 0 Å². The van der Waals surface area contributed by atoms with Crippen LogP contribution in [0, 0.1) is 0 Å². The summed E-state index contributed by atoms with van der Waals surface area (Å²) in [5.74, 6) is 2.73. The van der Waals surface area contributed by atoms with Crippen LogP contribution in [-0.2, 0) is 17.9 Å². The van der Waals surface area contributed by atoms with Gasteiger partial charge in [-0.15, -0.1) is 0 Å². The molecule has 0 unspecified atom stereocenters. The first kappa shape index (κ1) is 14.5. The molecule has 104 valence electrons. The summed E-state index contributed by atoms with van der Waals surface area (Å²) in [5, 5.41) is 1.47. The molecule has 0 atom stereocenters. The van der Waals surface area contributed by atoms with Crippen molar-refractivity contribution in [1.29, 1.82) is 0 Å². The van der Waals surface area contributed by atoms with Crippen molar-refractivity contribution in [2.24, 2.45) is 7.05 Å². The van der Waals surface area contributed by atoms with Crippen LogP contribution in [0.2, 0.25) is 0 Å². The number of fused-ring (bicyclic) bond motifs is 1. The molecule has 0 amide bonds. The predicted octanol–water partition coefficient (Wildman–Crippen LogP) is 4.76. The molecule has 2 aromatic rings. The molecule has 2 rings (SSSR count). The van der Waals surface area contributed by atoms with Crippen molar-refractivity contribution in [3.8, 4) is 0 Å². The Morgan fingerprint density at radius 1 is 1.00 bits per heavy atom. The fourth-order valence-corrected chi connectivity index (χ4v) is 5.20. The van der Waals surface area contributed by atoms with E-state index >= 15 is 0 Å². The van der Waals surface area contributed by atoms with E-state index in [0.29, 0.717) is 10.9 Å². The Hall–Kier alpha value is -0.890. The van der Waals surface area contributed by atoms with Gasteiger partial charge in [-0.25, -0.2) is 0 Å². The second-order valence-electron chi connectivity index (χ2n) is 5.23. The second-order valence-corrected chi connectivity index (χ2v) is 7.47. The molecule has 0 saturated heterocycles. The highest BCUT2D eigenvalue weighted by Crippen LogP contribution is 2.28. The Kier molecular flexibility index (Phi) is 5.38. The zero-order chi connectivity index (χ0) is 13.7. The minimum atomic E-state index is 0.438. The van der Waals surface area contributed by atoms with Crippen LogP contribution in [0.3, 0.4) is 0 Å². The molecule has 0 N–H and O–H groups in total. The Balaban J connectivity index is 2.31. The Morgan fingerprint density at radius 3 is 2.26 bits per heavy atom. The third-order valence-corrected chi connectivity index (χ3v) is 6.17. The summed E-state index contributed by atoms with van der Waals surface area (Å²) in [4.78, 5) is 1.60. The number of hydrogen-bond donors (Lipinski definition) is 0. The monoisotopic (exact) mass is 276 g/mol. The zero-order valence-electron chi connectivity index (χ0n) is 12.5. The second kappa shape index (κ2) is 7.04. The first-order valence-electron chi connectivity index (χ1n) is 7.49. The van der Waals surface area contributed by atoms with E-state index in [9.17, 15) is 0 Å². The van der Waals surface area contributed by atoms with E-state index in [1.54, 1.807) is 4.90 Å². The largest absolute Gasteiger partial charge is 0.346 e. The molecular formula is C17H26NS+. The lowest BCUT2D eigenvalue weighted by Gasteiger charge is -2.06. The molecule has 0 aliphatic carbocycles. The molecule has 0 spiro atoms. The zero-order valence-corrected chi connectivity index (χ0v) is 13.3. The smallest absolute Gasteiger partial charge is 0.180 e. The van der Waals surface area contributed by atoms with Gasteiger partial charge in [-0.1, -0.05) is 38.8 Å². The molecule has 2 heteroatoms. The number of hydrogen-bond acceptors (Lipinski definition) is 0. The molecule has 0 saturated carbocycles. The first-order valence-corrected chi connectivity index (χ1v) is 9.05. The number of benzene rings is 1. The van der Waals surface area contributed by atoms with Gasteiger partial charge in [0, 0.05) is 17.9 Å². The SMILES string of the molecule is CCCC[S+](CCCC)c1cn(C)c2ccccc12. The van der Waals surface area contributed by atoms with Crippen LogP contribution >= 0.6 is 0 Å². The summed E-state index contributed by atoms with van der Waals surface area (Å²) in [6.07, 6.45) is 7.70. The van der Waals surface area contributed by atoms with Gasteiger partial charge >= 0.3 is 0 Å². The maximum absolute atomic E-state index is 2.37. The number of nitrogens with zero attached hydrogens (tertiary/aromatic N) is 1. The Morgan fingerprint density at radius 2 is 1.63 bits per heavy atom. The van der Waals surface area contributed by atoms with E-state index in [1.165, 1.54) is 48.1 Å². The van der Waals surface area contributed by atoms with E-state index in [1.807, 2.05) is 0 Å². The highest BCUT2D eigenvalue weighted by atomic mass is 32.2. The summed E-state index contributed by atoms with van der Waals surface area (Å²) in [7, 11) is 2.61. The highest BCUT2D eigenvalue weighted by molar-refractivity contribution is 7.97. The average Bonchev–Trinajstić information content (AvgIpc) is 2.77.